The van der Waals surface area contributed by atoms with Crippen molar-refractivity contribution in [2.24, 2.45) is 0 Å². The number of hydrogen-bond donors (Lipinski definition) is 1. The van der Waals surface area contributed by atoms with Crippen molar-refractivity contribution in [1.82, 2.24) is 9.97 Å². The van der Waals surface area contributed by atoms with Crippen molar-refractivity contribution in [3.8, 4) is 5.75 Å². The van der Waals surface area contributed by atoms with Gasteiger partial charge in [0.15, 0.2) is 5.69 Å². The lowest BCUT2D eigenvalue weighted by Gasteiger charge is -2.15. The zero-order chi connectivity index (χ0) is 12.3. The van der Waals surface area contributed by atoms with Crippen LogP contribution in [-0.2, 0) is 0 Å². The molecule has 0 spiro atoms. The van der Waals surface area contributed by atoms with Gasteiger partial charge in [0.1, 0.15) is 11.6 Å². The molecule has 1 amide bonds. The van der Waals surface area contributed by atoms with Gasteiger partial charge >= 0.3 is 0 Å². The number of hydrogen-bond acceptors (Lipinski definition) is 4. The Balaban J connectivity index is 2.30. The van der Waals surface area contributed by atoms with Gasteiger partial charge in [-0.15, -0.1) is 0 Å². The largest absolute Gasteiger partial charge is 0.505 e. The molecule has 0 aromatic carbocycles. The minimum absolute atomic E-state index is 0.0145. The van der Waals surface area contributed by atoms with Gasteiger partial charge in [0.05, 0.1) is 0 Å². The number of carbonyl (C=O) groups is 1. The van der Waals surface area contributed by atoms with Crippen molar-refractivity contribution < 1.29 is 9.90 Å². The van der Waals surface area contributed by atoms with Crippen LogP contribution in [0.4, 0.5) is 5.82 Å². The first-order valence-electron chi connectivity index (χ1n) is 5.03. The molecule has 2 aromatic rings. The van der Waals surface area contributed by atoms with Crippen LogP contribution in [0.5, 0.6) is 5.75 Å². The summed E-state index contributed by atoms with van der Waals surface area (Å²) < 4.78 is 0. The molecule has 2 rings (SSSR count). The quantitative estimate of drug-likeness (QED) is 0.846. The molecular weight excluding hydrogens is 218 g/mol. The molecule has 5 nitrogen and oxygen atoms in total. The molecule has 2 heterocycles. The summed E-state index contributed by atoms with van der Waals surface area (Å²) in [4.78, 5) is 21.3. The Morgan fingerprint density at radius 3 is 2.59 bits per heavy atom. The van der Waals surface area contributed by atoms with Crippen LogP contribution in [0.25, 0.3) is 0 Å². The van der Waals surface area contributed by atoms with E-state index in [1.165, 1.54) is 17.2 Å². The van der Waals surface area contributed by atoms with Crippen LogP contribution in [0.2, 0.25) is 0 Å². The first kappa shape index (κ1) is 11.1. The highest BCUT2D eigenvalue weighted by atomic mass is 16.3. The van der Waals surface area contributed by atoms with Crippen LogP contribution in [0, 0.1) is 0 Å². The summed E-state index contributed by atoms with van der Waals surface area (Å²) in [5.41, 5.74) is 0.0145. The molecule has 0 unspecified atom stereocenters. The highest BCUT2D eigenvalue weighted by Crippen LogP contribution is 2.17. The van der Waals surface area contributed by atoms with E-state index in [-0.39, 0.29) is 11.4 Å². The topological polar surface area (TPSA) is 66.3 Å². The number of anilines is 1. The lowest BCUT2D eigenvalue weighted by atomic mass is 10.3. The van der Waals surface area contributed by atoms with E-state index in [4.69, 9.17) is 0 Å². The summed E-state index contributed by atoms with van der Waals surface area (Å²) in [6.07, 6.45) is 3.05. The van der Waals surface area contributed by atoms with Crippen LogP contribution >= 0.6 is 0 Å². The molecule has 0 aliphatic heterocycles. The second-order valence-corrected chi connectivity index (χ2v) is 3.42. The van der Waals surface area contributed by atoms with Gasteiger partial charge in [0.2, 0.25) is 0 Å². The number of pyridine rings is 2. The minimum Gasteiger partial charge on any atom is -0.505 e. The highest BCUT2D eigenvalue weighted by Gasteiger charge is 2.18. The number of rotatable bonds is 2. The van der Waals surface area contributed by atoms with E-state index in [0.717, 1.165) is 0 Å². The average Bonchev–Trinajstić information content (AvgIpc) is 2.39. The first-order valence-corrected chi connectivity index (χ1v) is 5.03. The number of carbonyl (C=O) groups excluding carboxylic acids is 1. The third-order valence-corrected chi connectivity index (χ3v) is 2.29. The molecule has 0 fully saturated rings. The molecule has 0 radical (unpaired) electrons. The number of aromatic nitrogens is 2. The van der Waals surface area contributed by atoms with Gasteiger partial charge < -0.3 is 5.11 Å². The Morgan fingerprint density at radius 2 is 1.94 bits per heavy atom. The van der Waals surface area contributed by atoms with Crippen molar-refractivity contribution >= 4 is 11.7 Å². The van der Waals surface area contributed by atoms with Gasteiger partial charge in [-0.2, -0.15) is 0 Å². The summed E-state index contributed by atoms with van der Waals surface area (Å²) >= 11 is 0. The van der Waals surface area contributed by atoms with Crippen molar-refractivity contribution in [2.45, 2.75) is 0 Å². The van der Waals surface area contributed by atoms with Gasteiger partial charge in [0.25, 0.3) is 5.91 Å². The van der Waals surface area contributed by atoms with Crippen LogP contribution in [0.15, 0.2) is 42.7 Å². The van der Waals surface area contributed by atoms with Crippen LogP contribution in [0.3, 0.4) is 0 Å². The fraction of sp³-hybridized carbons (Fsp3) is 0.0833. The normalized spacial score (nSPS) is 9.94. The lowest BCUT2D eigenvalue weighted by Crippen LogP contribution is -2.27. The van der Waals surface area contributed by atoms with E-state index in [0.29, 0.717) is 5.82 Å². The lowest BCUT2D eigenvalue weighted by molar-refractivity contribution is 0.0984. The molecule has 5 heteroatoms. The van der Waals surface area contributed by atoms with Crippen LogP contribution < -0.4 is 4.90 Å². The van der Waals surface area contributed by atoms with Crippen LogP contribution in [-0.4, -0.2) is 28.0 Å². The fourth-order valence-electron chi connectivity index (χ4n) is 1.38. The molecule has 86 valence electrons. The zero-order valence-electron chi connectivity index (χ0n) is 9.24. The van der Waals surface area contributed by atoms with E-state index in [1.54, 1.807) is 37.5 Å². The summed E-state index contributed by atoms with van der Waals surface area (Å²) in [6.45, 7) is 0. The molecule has 1 N–H and O–H groups in total. The maximum atomic E-state index is 12.0. The van der Waals surface area contributed by atoms with Gasteiger partial charge in [-0.1, -0.05) is 6.07 Å². The van der Waals surface area contributed by atoms with E-state index < -0.39 is 5.91 Å². The van der Waals surface area contributed by atoms with E-state index in [9.17, 15) is 9.90 Å². The highest BCUT2D eigenvalue weighted by molar-refractivity contribution is 6.05. The second-order valence-electron chi connectivity index (χ2n) is 3.42. The molecule has 17 heavy (non-hydrogen) atoms. The Labute approximate surface area is 98.4 Å². The molecule has 2 aromatic heterocycles. The van der Waals surface area contributed by atoms with Crippen molar-refractivity contribution in [1.29, 1.82) is 0 Å². The second kappa shape index (κ2) is 4.61. The zero-order valence-corrected chi connectivity index (χ0v) is 9.24. The summed E-state index contributed by atoms with van der Waals surface area (Å²) in [7, 11) is 1.58. The third kappa shape index (κ3) is 2.23. The van der Waals surface area contributed by atoms with Crippen molar-refractivity contribution in [3.05, 3.63) is 48.4 Å². The molecular formula is C12H11N3O2. The number of nitrogens with zero attached hydrogens (tertiary/aromatic N) is 3. The van der Waals surface area contributed by atoms with E-state index in [2.05, 4.69) is 9.97 Å². The van der Waals surface area contributed by atoms with Gasteiger partial charge in [0, 0.05) is 19.4 Å². The first-order chi connectivity index (χ1) is 8.20. The van der Waals surface area contributed by atoms with Crippen molar-refractivity contribution in [2.75, 3.05) is 11.9 Å². The Kier molecular flexibility index (Phi) is 3.00. The predicted octanol–water partition coefficient (Wildman–Crippen LogP) is 1.46. The summed E-state index contributed by atoms with van der Waals surface area (Å²) in [5, 5.41) is 9.55. The van der Waals surface area contributed by atoms with Gasteiger partial charge in [-0.3, -0.25) is 9.69 Å². The van der Waals surface area contributed by atoms with E-state index >= 15 is 0 Å². The minimum atomic E-state index is -0.401. The smallest absolute Gasteiger partial charge is 0.281 e. The average molecular weight is 229 g/mol. The maximum Gasteiger partial charge on any atom is 0.281 e. The Morgan fingerprint density at radius 1 is 1.18 bits per heavy atom. The number of aromatic hydroxyl groups is 1. The molecule has 0 saturated carbocycles. The SMILES string of the molecule is CN(C(=O)c1ncccc1O)c1ccccn1. The van der Waals surface area contributed by atoms with Gasteiger partial charge in [-0.05, 0) is 24.3 Å². The summed E-state index contributed by atoms with van der Waals surface area (Å²) in [5.74, 6) is -0.0374. The van der Waals surface area contributed by atoms with Crippen LogP contribution in [0.1, 0.15) is 10.5 Å². The maximum absolute atomic E-state index is 12.0. The predicted molar refractivity (Wildman–Crippen MR) is 62.9 cm³/mol. The molecule has 0 saturated heterocycles. The fourth-order valence-corrected chi connectivity index (χ4v) is 1.38. The number of amides is 1. The molecule has 0 aliphatic rings. The van der Waals surface area contributed by atoms with Gasteiger partial charge in [-0.25, -0.2) is 9.97 Å². The monoisotopic (exact) mass is 229 g/mol. The Hall–Kier alpha value is -2.43. The molecule has 0 bridgehead atoms. The third-order valence-electron chi connectivity index (χ3n) is 2.29. The van der Waals surface area contributed by atoms with Crippen molar-refractivity contribution in [3.63, 3.8) is 0 Å². The Bertz CT molecular complexity index is 528. The molecule has 0 atom stereocenters. The standard InChI is InChI=1S/C12H11N3O2/c1-15(10-6-2-3-7-13-10)12(17)11-9(16)5-4-8-14-11/h2-8,16H,1H3. The summed E-state index contributed by atoms with van der Waals surface area (Å²) in [6, 6.07) is 8.24. The van der Waals surface area contributed by atoms with E-state index in [1.807, 2.05) is 0 Å². The molecule has 0 aliphatic carbocycles.